The molecule has 1 N–H and O–H groups in total. The third-order valence-electron chi connectivity index (χ3n) is 1.30. The first-order valence-electron chi connectivity index (χ1n) is 2.81. The van der Waals surface area contributed by atoms with Gasteiger partial charge in [0.15, 0.2) is 0 Å². The van der Waals surface area contributed by atoms with Crippen molar-refractivity contribution in [3.63, 3.8) is 0 Å². The largest absolute Gasteiger partial charge is 0.358 e. The second-order valence-electron chi connectivity index (χ2n) is 1.90. The molecule has 0 saturated carbocycles. The van der Waals surface area contributed by atoms with Crippen molar-refractivity contribution in [1.82, 2.24) is 15.0 Å². The lowest BCUT2D eigenvalue weighted by atomic mass is 10.5. The molecule has 0 aromatic carbocycles. The third-order valence-corrected chi connectivity index (χ3v) is 1.90. The molecule has 0 spiro atoms. The minimum atomic E-state index is 0.808. The highest BCUT2D eigenvalue weighted by Crippen LogP contribution is 2.16. The van der Waals surface area contributed by atoms with Gasteiger partial charge in [-0.3, -0.25) is 0 Å². The highest BCUT2D eigenvalue weighted by molar-refractivity contribution is 9.10. The second-order valence-corrected chi connectivity index (χ2v) is 2.65. The van der Waals surface area contributed by atoms with Gasteiger partial charge in [0, 0.05) is 6.20 Å². The van der Waals surface area contributed by atoms with Gasteiger partial charge in [0.2, 0.25) is 0 Å². The quantitative estimate of drug-likeness (QED) is 0.654. The molecule has 0 aliphatic rings. The van der Waals surface area contributed by atoms with Crippen molar-refractivity contribution < 1.29 is 0 Å². The number of hydrogen-bond donors (Lipinski definition) is 1. The van der Waals surface area contributed by atoms with E-state index in [1.807, 2.05) is 12.3 Å². The fraction of sp³-hybridized carbons (Fsp3) is 0. The van der Waals surface area contributed by atoms with Crippen LogP contribution in [0.3, 0.4) is 0 Å². The van der Waals surface area contributed by atoms with E-state index in [1.165, 1.54) is 6.33 Å². The van der Waals surface area contributed by atoms with E-state index < -0.39 is 0 Å². The van der Waals surface area contributed by atoms with Gasteiger partial charge in [-0.1, -0.05) is 0 Å². The van der Waals surface area contributed by atoms with Gasteiger partial charge in [-0.2, -0.15) is 0 Å². The van der Waals surface area contributed by atoms with Crippen LogP contribution in [-0.4, -0.2) is 15.0 Å². The first-order chi connectivity index (χ1) is 4.88. The smallest absolute Gasteiger partial charge is 0.133 e. The summed E-state index contributed by atoms with van der Waals surface area (Å²) in [4.78, 5) is 11.0. The lowest BCUT2D eigenvalue weighted by Gasteiger charge is -1.88. The molecule has 0 bridgehead atoms. The van der Waals surface area contributed by atoms with Crippen molar-refractivity contribution >= 4 is 27.0 Å². The van der Waals surface area contributed by atoms with Crippen LogP contribution in [0.15, 0.2) is 23.2 Å². The maximum absolute atomic E-state index is 4.03. The van der Waals surface area contributed by atoms with E-state index in [1.54, 1.807) is 0 Å². The normalized spacial score (nSPS) is 10.5. The lowest BCUT2D eigenvalue weighted by Crippen LogP contribution is -1.79. The molecule has 2 rings (SSSR count). The van der Waals surface area contributed by atoms with Crippen molar-refractivity contribution in [2.24, 2.45) is 0 Å². The van der Waals surface area contributed by atoms with E-state index in [2.05, 4.69) is 30.9 Å². The summed E-state index contributed by atoms with van der Waals surface area (Å²) in [6, 6.07) is 1.90. The fourth-order valence-corrected chi connectivity index (χ4v) is 1.25. The minimum absolute atomic E-state index is 0.808. The first kappa shape index (κ1) is 5.85. The average Bonchev–Trinajstić information content (AvgIpc) is 2.36. The summed E-state index contributed by atoms with van der Waals surface area (Å²) >= 11 is 3.29. The van der Waals surface area contributed by atoms with E-state index in [9.17, 15) is 0 Å². The molecule has 4 heteroatoms. The Labute approximate surface area is 65.6 Å². The van der Waals surface area contributed by atoms with Gasteiger partial charge in [0.1, 0.15) is 10.9 Å². The van der Waals surface area contributed by atoms with E-state index in [4.69, 9.17) is 0 Å². The number of halogens is 1. The van der Waals surface area contributed by atoms with E-state index in [0.717, 1.165) is 15.6 Å². The summed E-state index contributed by atoms with van der Waals surface area (Å²) in [5.74, 6) is 0. The van der Waals surface area contributed by atoms with E-state index >= 15 is 0 Å². The molecule has 50 valence electrons. The zero-order valence-corrected chi connectivity index (χ0v) is 6.59. The molecule has 0 aliphatic carbocycles. The van der Waals surface area contributed by atoms with Crippen LogP contribution in [0, 0.1) is 0 Å². The van der Waals surface area contributed by atoms with Gasteiger partial charge in [-0.15, -0.1) is 0 Å². The van der Waals surface area contributed by atoms with Gasteiger partial charge in [-0.05, 0) is 22.0 Å². The van der Waals surface area contributed by atoms with Gasteiger partial charge in [-0.25, -0.2) is 9.97 Å². The molecule has 3 nitrogen and oxygen atoms in total. The molecule has 0 amide bonds. The van der Waals surface area contributed by atoms with Crippen molar-refractivity contribution in [2.75, 3.05) is 0 Å². The zero-order chi connectivity index (χ0) is 6.97. The zero-order valence-electron chi connectivity index (χ0n) is 5.00. The number of aromatic nitrogens is 3. The molecule has 2 aromatic heterocycles. The Morgan fingerprint density at radius 3 is 3.10 bits per heavy atom. The number of aromatic amines is 1. The van der Waals surface area contributed by atoms with Crippen LogP contribution in [0.5, 0.6) is 0 Å². The Bertz CT molecular complexity index is 355. The molecular weight excluding hydrogens is 194 g/mol. The highest BCUT2D eigenvalue weighted by Gasteiger charge is 1.98. The molecule has 0 unspecified atom stereocenters. The van der Waals surface area contributed by atoms with E-state index in [-0.39, 0.29) is 0 Å². The third kappa shape index (κ3) is 0.724. The first-order valence-corrected chi connectivity index (χ1v) is 3.61. The highest BCUT2D eigenvalue weighted by atomic mass is 79.9. The monoisotopic (exact) mass is 197 g/mol. The van der Waals surface area contributed by atoms with Gasteiger partial charge in [0.25, 0.3) is 0 Å². The summed E-state index contributed by atoms with van der Waals surface area (Å²) in [5, 5.41) is 0. The number of nitrogens with zero attached hydrogens (tertiary/aromatic N) is 2. The summed E-state index contributed by atoms with van der Waals surface area (Å²) in [6.45, 7) is 0. The second kappa shape index (κ2) is 2.05. The maximum atomic E-state index is 4.03. The maximum Gasteiger partial charge on any atom is 0.133 e. The van der Waals surface area contributed by atoms with Crippen LogP contribution in [0.25, 0.3) is 11.0 Å². The average molecular weight is 198 g/mol. The molecule has 0 aliphatic heterocycles. The van der Waals surface area contributed by atoms with Gasteiger partial charge in [0.05, 0.1) is 11.0 Å². The SMILES string of the molecule is Brc1ncnc2cc[nH]c12. The van der Waals surface area contributed by atoms with Crippen LogP contribution in [0.2, 0.25) is 0 Å². The number of H-pyrrole nitrogens is 1. The van der Waals surface area contributed by atoms with Crippen molar-refractivity contribution in [1.29, 1.82) is 0 Å². The van der Waals surface area contributed by atoms with Gasteiger partial charge < -0.3 is 4.98 Å². The molecule has 2 aromatic rings. The molecular formula is C6H4BrN3. The van der Waals surface area contributed by atoms with Crippen LogP contribution >= 0.6 is 15.9 Å². The molecule has 0 radical (unpaired) electrons. The summed E-state index contributed by atoms with van der Waals surface area (Å²) in [6.07, 6.45) is 3.37. The topological polar surface area (TPSA) is 41.6 Å². The van der Waals surface area contributed by atoms with Crippen LogP contribution in [0.1, 0.15) is 0 Å². The van der Waals surface area contributed by atoms with Crippen LogP contribution < -0.4 is 0 Å². The lowest BCUT2D eigenvalue weighted by molar-refractivity contribution is 1.19. The van der Waals surface area contributed by atoms with Crippen molar-refractivity contribution in [3.05, 3.63) is 23.2 Å². The van der Waals surface area contributed by atoms with E-state index in [0.29, 0.717) is 0 Å². The summed E-state index contributed by atoms with van der Waals surface area (Å²) < 4.78 is 0.808. The molecule has 0 saturated heterocycles. The molecule has 2 heterocycles. The Kier molecular flexibility index (Phi) is 1.20. The van der Waals surface area contributed by atoms with Crippen LogP contribution in [-0.2, 0) is 0 Å². The molecule has 0 fully saturated rings. The standard InChI is InChI=1S/C6H4BrN3/c7-6-5-4(1-2-8-5)9-3-10-6/h1-3,8H. The Hall–Kier alpha value is -0.900. The minimum Gasteiger partial charge on any atom is -0.358 e. The summed E-state index contributed by atoms with van der Waals surface area (Å²) in [7, 11) is 0. The fourth-order valence-electron chi connectivity index (χ4n) is 0.840. The Morgan fingerprint density at radius 1 is 1.40 bits per heavy atom. The number of nitrogens with one attached hydrogen (secondary N) is 1. The Morgan fingerprint density at radius 2 is 2.30 bits per heavy atom. The Balaban J connectivity index is 2.95. The van der Waals surface area contributed by atoms with Crippen LogP contribution in [0.4, 0.5) is 0 Å². The van der Waals surface area contributed by atoms with Crippen molar-refractivity contribution in [3.8, 4) is 0 Å². The predicted octanol–water partition coefficient (Wildman–Crippen LogP) is 1.72. The number of fused-ring (bicyclic) bond motifs is 1. The van der Waals surface area contributed by atoms with Gasteiger partial charge >= 0.3 is 0 Å². The predicted molar refractivity (Wildman–Crippen MR) is 41.6 cm³/mol. The molecule has 10 heavy (non-hydrogen) atoms. The van der Waals surface area contributed by atoms with Crippen molar-refractivity contribution in [2.45, 2.75) is 0 Å². The number of hydrogen-bond acceptors (Lipinski definition) is 2. The number of rotatable bonds is 0. The summed E-state index contributed by atoms with van der Waals surface area (Å²) in [5.41, 5.74) is 1.88. The molecule has 0 atom stereocenters.